The van der Waals surface area contributed by atoms with E-state index in [1.165, 1.54) is 0 Å². The van der Waals surface area contributed by atoms with Gasteiger partial charge in [-0.15, -0.1) is 0 Å². The lowest BCUT2D eigenvalue weighted by atomic mass is 10.2. The summed E-state index contributed by atoms with van der Waals surface area (Å²) in [5.41, 5.74) is 0. The Morgan fingerprint density at radius 1 is 1.28 bits per heavy atom. The maximum absolute atomic E-state index is 12.2. The van der Waals surface area contributed by atoms with Crippen LogP contribution in [0.25, 0.3) is 0 Å². The topological polar surface area (TPSA) is 38.8 Å². The summed E-state index contributed by atoms with van der Waals surface area (Å²) >= 11 is 0. The number of hydrogen-bond acceptors (Lipinski definition) is 4. The van der Waals surface area contributed by atoms with Crippen molar-refractivity contribution in [2.24, 2.45) is 0 Å². The number of nitrogens with one attached hydrogen (secondary N) is 1. The van der Waals surface area contributed by atoms with Crippen molar-refractivity contribution in [1.29, 1.82) is 0 Å². The molecule has 0 aliphatic carbocycles. The maximum atomic E-state index is 12.2. The van der Waals surface area contributed by atoms with E-state index in [1.54, 1.807) is 0 Å². The second-order valence-corrected chi connectivity index (χ2v) is 5.62. The zero-order valence-electron chi connectivity index (χ0n) is 11.7. The fraction of sp³-hybridized carbons (Fsp3) is 0.923. The Morgan fingerprint density at radius 2 is 2.00 bits per heavy atom. The minimum Gasteiger partial charge on any atom is -0.339 e. The second-order valence-electron chi connectivity index (χ2n) is 5.62. The van der Waals surface area contributed by atoms with Crippen LogP contribution in [0, 0.1) is 0 Å². The SMILES string of the molecule is CN(C)CCN1CCN(C(=O)C2CCCN2)CC1. The number of piperazine rings is 1. The van der Waals surface area contributed by atoms with Gasteiger partial charge in [0, 0.05) is 39.3 Å². The van der Waals surface area contributed by atoms with Crippen LogP contribution in [0.5, 0.6) is 0 Å². The largest absolute Gasteiger partial charge is 0.339 e. The lowest BCUT2D eigenvalue weighted by Crippen LogP contribution is -2.53. The quantitative estimate of drug-likeness (QED) is 0.730. The molecule has 104 valence electrons. The lowest BCUT2D eigenvalue weighted by molar-refractivity contribution is -0.134. The van der Waals surface area contributed by atoms with Crippen LogP contribution in [0.15, 0.2) is 0 Å². The summed E-state index contributed by atoms with van der Waals surface area (Å²) in [6.45, 7) is 7.03. The Morgan fingerprint density at radius 3 is 2.56 bits per heavy atom. The third kappa shape index (κ3) is 3.67. The van der Waals surface area contributed by atoms with Gasteiger partial charge in [0.25, 0.3) is 0 Å². The van der Waals surface area contributed by atoms with E-state index in [4.69, 9.17) is 0 Å². The van der Waals surface area contributed by atoms with Gasteiger partial charge in [-0.1, -0.05) is 0 Å². The number of carbonyl (C=O) groups is 1. The van der Waals surface area contributed by atoms with Gasteiger partial charge in [-0.25, -0.2) is 0 Å². The van der Waals surface area contributed by atoms with Gasteiger partial charge in [0.15, 0.2) is 0 Å². The third-order valence-electron chi connectivity index (χ3n) is 3.91. The highest BCUT2D eigenvalue weighted by Crippen LogP contribution is 2.10. The Balaban J connectivity index is 1.70. The predicted octanol–water partition coefficient (Wildman–Crippen LogP) is -0.556. The molecule has 2 aliphatic rings. The first kappa shape index (κ1) is 13.8. The van der Waals surface area contributed by atoms with E-state index in [9.17, 15) is 4.79 Å². The van der Waals surface area contributed by atoms with E-state index >= 15 is 0 Å². The van der Waals surface area contributed by atoms with Crippen molar-refractivity contribution in [3.05, 3.63) is 0 Å². The van der Waals surface area contributed by atoms with Gasteiger partial charge in [0.05, 0.1) is 6.04 Å². The first-order valence-corrected chi connectivity index (χ1v) is 7.06. The van der Waals surface area contributed by atoms with Gasteiger partial charge >= 0.3 is 0 Å². The van der Waals surface area contributed by atoms with Gasteiger partial charge in [-0.3, -0.25) is 9.69 Å². The molecule has 0 bridgehead atoms. The summed E-state index contributed by atoms with van der Waals surface area (Å²) in [5, 5.41) is 3.29. The fourth-order valence-corrected chi connectivity index (χ4v) is 2.65. The Kier molecular flexibility index (Phi) is 4.97. The highest BCUT2D eigenvalue weighted by atomic mass is 16.2. The van der Waals surface area contributed by atoms with E-state index < -0.39 is 0 Å². The number of nitrogens with zero attached hydrogens (tertiary/aromatic N) is 3. The zero-order chi connectivity index (χ0) is 13.0. The minimum atomic E-state index is 0.0957. The lowest BCUT2D eigenvalue weighted by Gasteiger charge is -2.36. The average molecular weight is 254 g/mol. The molecule has 0 aromatic carbocycles. The molecule has 1 atom stereocenters. The van der Waals surface area contributed by atoms with Crippen LogP contribution >= 0.6 is 0 Å². The van der Waals surface area contributed by atoms with Crippen LogP contribution in [0.3, 0.4) is 0 Å². The highest BCUT2D eigenvalue weighted by Gasteiger charge is 2.28. The van der Waals surface area contributed by atoms with Gasteiger partial charge in [0.2, 0.25) is 5.91 Å². The molecule has 2 fully saturated rings. The van der Waals surface area contributed by atoms with Crippen LogP contribution in [0.4, 0.5) is 0 Å². The molecule has 1 amide bonds. The number of amides is 1. The van der Waals surface area contributed by atoms with Crippen molar-refractivity contribution < 1.29 is 4.79 Å². The molecule has 2 heterocycles. The first-order valence-electron chi connectivity index (χ1n) is 7.06. The molecule has 0 spiro atoms. The van der Waals surface area contributed by atoms with Crippen LogP contribution in [-0.4, -0.2) is 86.6 Å². The van der Waals surface area contributed by atoms with Crippen molar-refractivity contribution in [3.63, 3.8) is 0 Å². The van der Waals surface area contributed by atoms with E-state index in [0.717, 1.165) is 58.7 Å². The summed E-state index contributed by atoms with van der Waals surface area (Å²) in [7, 11) is 4.21. The molecule has 1 unspecified atom stereocenters. The summed E-state index contributed by atoms with van der Waals surface area (Å²) < 4.78 is 0. The van der Waals surface area contributed by atoms with Crippen LogP contribution in [0.2, 0.25) is 0 Å². The standard InChI is InChI=1S/C13H26N4O/c1-15(2)6-7-16-8-10-17(11-9-16)13(18)12-4-3-5-14-12/h12,14H,3-11H2,1-2H3. The molecule has 5 nitrogen and oxygen atoms in total. The Hall–Kier alpha value is -0.650. The second kappa shape index (κ2) is 6.50. The smallest absolute Gasteiger partial charge is 0.239 e. The van der Waals surface area contributed by atoms with E-state index in [2.05, 4.69) is 29.2 Å². The molecule has 18 heavy (non-hydrogen) atoms. The van der Waals surface area contributed by atoms with Crippen molar-refractivity contribution in [2.75, 3.05) is 59.9 Å². The average Bonchev–Trinajstić information content (AvgIpc) is 2.90. The van der Waals surface area contributed by atoms with Crippen molar-refractivity contribution >= 4 is 5.91 Å². The summed E-state index contributed by atoms with van der Waals surface area (Å²) in [4.78, 5) is 18.9. The van der Waals surface area contributed by atoms with Gasteiger partial charge in [0.1, 0.15) is 0 Å². The molecule has 0 saturated carbocycles. The molecule has 0 radical (unpaired) electrons. The molecule has 2 rings (SSSR count). The number of carbonyl (C=O) groups excluding carboxylic acids is 1. The molecular weight excluding hydrogens is 228 g/mol. The van der Waals surface area contributed by atoms with Crippen LogP contribution < -0.4 is 5.32 Å². The van der Waals surface area contributed by atoms with Crippen molar-refractivity contribution in [3.8, 4) is 0 Å². The van der Waals surface area contributed by atoms with E-state index in [0.29, 0.717) is 5.91 Å². The number of rotatable bonds is 4. The molecule has 5 heteroatoms. The minimum absolute atomic E-state index is 0.0957. The van der Waals surface area contributed by atoms with Crippen molar-refractivity contribution in [1.82, 2.24) is 20.0 Å². The third-order valence-corrected chi connectivity index (χ3v) is 3.91. The summed E-state index contributed by atoms with van der Waals surface area (Å²) in [5.74, 6) is 0.319. The highest BCUT2D eigenvalue weighted by molar-refractivity contribution is 5.82. The monoisotopic (exact) mass is 254 g/mol. The van der Waals surface area contributed by atoms with Crippen molar-refractivity contribution in [2.45, 2.75) is 18.9 Å². The normalized spacial score (nSPS) is 25.9. The van der Waals surface area contributed by atoms with Crippen LogP contribution in [-0.2, 0) is 4.79 Å². The van der Waals surface area contributed by atoms with Gasteiger partial charge in [-0.05, 0) is 33.5 Å². The maximum Gasteiger partial charge on any atom is 0.239 e. The van der Waals surface area contributed by atoms with Gasteiger partial charge in [-0.2, -0.15) is 0 Å². The first-order chi connectivity index (χ1) is 8.66. The number of hydrogen-bond donors (Lipinski definition) is 1. The molecule has 2 saturated heterocycles. The van der Waals surface area contributed by atoms with Gasteiger partial charge < -0.3 is 15.1 Å². The molecular formula is C13H26N4O. The van der Waals surface area contributed by atoms with Crippen LogP contribution in [0.1, 0.15) is 12.8 Å². The predicted molar refractivity (Wildman–Crippen MR) is 72.6 cm³/mol. The molecule has 2 aliphatic heterocycles. The molecule has 0 aromatic heterocycles. The fourth-order valence-electron chi connectivity index (χ4n) is 2.65. The summed E-state index contributed by atoms with van der Waals surface area (Å²) in [6.07, 6.45) is 2.15. The van der Waals surface area contributed by atoms with E-state index in [-0.39, 0.29) is 6.04 Å². The molecule has 0 aromatic rings. The Labute approximate surface area is 110 Å². The number of likely N-dealkylation sites (N-methyl/N-ethyl adjacent to an activating group) is 1. The Bertz CT molecular complexity index is 268. The molecule has 1 N–H and O–H groups in total. The van der Waals surface area contributed by atoms with E-state index in [1.807, 2.05) is 4.90 Å². The zero-order valence-corrected chi connectivity index (χ0v) is 11.7. The summed E-state index contributed by atoms with van der Waals surface area (Å²) in [6, 6.07) is 0.0957.